The van der Waals surface area contributed by atoms with E-state index >= 15 is 0 Å². The van der Waals surface area contributed by atoms with Gasteiger partial charge >= 0.3 is 6.18 Å². The van der Waals surface area contributed by atoms with Crippen molar-refractivity contribution in [2.24, 2.45) is 7.05 Å². The Balaban J connectivity index is 1.39. The molecule has 1 aliphatic heterocycles. The van der Waals surface area contributed by atoms with Crippen LogP contribution < -0.4 is 0 Å². The number of nitrogens with one attached hydrogen (secondary N) is 1. The number of hydrogen-bond donors (Lipinski definition) is 2. The van der Waals surface area contributed by atoms with Gasteiger partial charge in [-0.15, -0.1) is 5.10 Å². The number of aromatic nitrogens is 6. The van der Waals surface area contributed by atoms with Crippen LogP contribution in [-0.4, -0.2) is 58.8 Å². The van der Waals surface area contributed by atoms with Gasteiger partial charge in [-0.2, -0.15) is 18.3 Å². The smallest absolute Gasteiger partial charge is 0.381 e. The largest absolute Gasteiger partial charge is 0.416 e. The number of alkyl halides is 3. The van der Waals surface area contributed by atoms with Gasteiger partial charge in [0.1, 0.15) is 11.3 Å². The van der Waals surface area contributed by atoms with Crippen molar-refractivity contribution in [1.82, 2.24) is 34.7 Å². The number of H-pyrrole nitrogens is 1. The van der Waals surface area contributed by atoms with Crippen LogP contribution in [0.5, 0.6) is 0 Å². The number of hydrogen-bond acceptors (Lipinski definition) is 5. The Kier molecular flexibility index (Phi) is 4.74. The lowest BCUT2D eigenvalue weighted by Gasteiger charge is -2.21. The van der Waals surface area contributed by atoms with E-state index in [4.69, 9.17) is 0 Å². The van der Waals surface area contributed by atoms with E-state index in [9.17, 15) is 23.1 Å². The predicted octanol–water partition coefficient (Wildman–Crippen LogP) is 3.39. The Morgan fingerprint density at radius 1 is 1.14 bits per heavy atom. The molecule has 6 rings (SSSR count). The summed E-state index contributed by atoms with van der Waals surface area (Å²) in [4.78, 5) is 14.9. The third kappa shape index (κ3) is 3.44. The van der Waals surface area contributed by atoms with Crippen LogP contribution in [-0.2, 0) is 18.8 Å². The highest BCUT2D eigenvalue weighted by atomic mass is 19.4. The number of aliphatic hydroxyl groups is 1. The van der Waals surface area contributed by atoms with Gasteiger partial charge in [0.15, 0.2) is 5.65 Å². The van der Waals surface area contributed by atoms with Crippen LogP contribution in [0.3, 0.4) is 0 Å². The molecule has 3 aromatic heterocycles. The number of amides is 1. The van der Waals surface area contributed by atoms with Gasteiger partial charge < -0.3 is 10.0 Å². The summed E-state index contributed by atoms with van der Waals surface area (Å²) in [6, 6.07) is 10.1. The SMILES string of the molecule is Cn1cc2c3cc(C(=O)N4CCC(O)(c5c[nH]nn5)C4)ccc3n(-c3ccc(C(F)(F)F)cc3)c2n1. The average molecular weight is 495 g/mol. The van der Waals surface area contributed by atoms with Gasteiger partial charge in [-0.25, -0.2) is 0 Å². The number of carbonyl (C=O) groups is 1. The monoisotopic (exact) mass is 495 g/mol. The molecule has 1 saturated heterocycles. The van der Waals surface area contributed by atoms with E-state index in [1.807, 2.05) is 6.20 Å². The fourth-order valence-corrected chi connectivity index (χ4v) is 4.87. The summed E-state index contributed by atoms with van der Waals surface area (Å²) in [5.74, 6) is -0.240. The topological polar surface area (TPSA) is 105 Å². The Bertz CT molecular complexity index is 1600. The first-order valence-electron chi connectivity index (χ1n) is 11.2. The summed E-state index contributed by atoms with van der Waals surface area (Å²) < 4.78 is 42.6. The molecule has 0 spiro atoms. The van der Waals surface area contributed by atoms with Crippen molar-refractivity contribution in [3.05, 3.63) is 71.7 Å². The average Bonchev–Trinajstić information content (AvgIpc) is 3.62. The molecule has 1 fully saturated rings. The number of halogens is 3. The van der Waals surface area contributed by atoms with E-state index < -0.39 is 17.3 Å². The number of β-amino-alcohol motifs (C(OH)–C–C–N with tert-alkyl or cyclic N) is 1. The number of aryl methyl sites for hydroxylation is 1. The van der Waals surface area contributed by atoms with E-state index in [0.717, 1.165) is 22.9 Å². The molecule has 1 aliphatic rings. The maximum Gasteiger partial charge on any atom is 0.416 e. The number of benzene rings is 2. The predicted molar refractivity (Wildman–Crippen MR) is 123 cm³/mol. The molecule has 4 heterocycles. The molecular weight excluding hydrogens is 475 g/mol. The van der Waals surface area contributed by atoms with Crippen molar-refractivity contribution < 1.29 is 23.1 Å². The third-order valence-electron chi connectivity index (χ3n) is 6.68. The zero-order valence-corrected chi connectivity index (χ0v) is 19.0. The van der Waals surface area contributed by atoms with Gasteiger partial charge in [0.25, 0.3) is 5.91 Å². The summed E-state index contributed by atoms with van der Waals surface area (Å²) >= 11 is 0. The maximum atomic E-state index is 13.3. The van der Waals surface area contributed by atoms with E-state index in [1.165, 1.54) is 18.3 Å². The fourth-order valence-electron chi connectivity index (χ4n) is 4.87. The highest BCUT2D eigenvalue weighted by Gasteiger charge is 2.41. The molecule has 0 saturated carbocycles. The minimum atomic E-state index is -4.43. The van der Waals surface area contributed by atoms with Gasteiger partial charge in [0.05, 0.1) is 17.6 Å². The summed E-state index contributed by atoms with van der Waals surface area (Å²) in [5.41, 5.74) is 0.626. The summed E-state index contributed by atoms with van der Waals surface area (Å²) in [6.07, 6.45) is -0.762. The van der Waals surface area contributed by atoms with Crippen LogP contribution in [0.25, 0.3) is 27.6 Å². The Hall–Kier alpha value is -4.19. The number of nitrogens with zero attached hydrogens (tertiary/aromatic N) is 6. The van der Waals surface area contributed by atoms with E-state index in [1.54, 1.807) is 39.4 Å². The molecule has 9 nitrogen and oxygen atoms in total. The molecule has 0 aliphatic carbocycles. The molecule has 12 heteroatoms. The highest BCUT2D eigenvalue weighted by Crippen LogP contribution is 2.35. The molecule has 2 N–H and O–H groups in total. The van der Waals surface area contributed by atoms with Crippen LogP contribution >= 0.6 is 0 Å². The van der Waals surface area contributed by atoms with Crippen LogP contribution in [0.1, 0.15) is 28.0 Å². The molecule has 1 amide bonds. The lowest BCUT2D eigenvalue weighted by Crippen LogP contribution is -2.34. The fraction of sp³-hybridized carbons (Fsp3) is 0.250. The number of aromatic amines is 1. The van der Waals surface area contributed by atoms with Gasteiger partial charge in [0, 0.05) is 54.4 Å². The molecule has 0 bridgehead atoms. The van der Waals surface area contributed by atoms with E-state index in [-0.39, 0.29) is 12.5 Å². The van der Waals surface area contributed by atoms with Crippen molar-refractivity contribution in [3.8, 4) is 5.69 Å². The minimum Gasteiger partial charge on any atom is -0.381 e. The second-order valence-corrected chi connectivity index (χ2v) is 9.02. The van der Waals surface area contributed by atoms with Crippen LogP contribution in [0.2, 0.25) is 0 Å². The second-order valence-electron chi connectivity index (χ2n) is 9.02. The van der Waals surface area contributed by atoms with Crippen LogP contribution in [0.15, 0.2) is 54.9 Å². The third-order valence-corrected chi connectivity index (χ3v) is 6.68. The van der Waals surface area contributed by atoms with E-state index in [0.29, 0.717) is 41.1 Å². The van der Waals surface area contributed by atoms with Gasteiger partial charge in [0.2, 0.25) is 0 Å². The first-order chi connectivity index (χ1) is 17.1. The van der Waals surface area contributed by atoms with Crippen molar-refractivity contribution in [2.45, 2.75) is 18.2 Å². The first-order valence-corrected chi connectivity index (χ1v) is 11.2. The lowest BCUT2D eigenvalue weighted by molar-refractivity contribution is -0.137. The molecule has 36 heavy (non-hydrogen) atoms. The number of fused-ring (bicyclic) bond motifs is 3. The Labute approximate surface area is 201 Å². The molecule has 5 aromatic rings. The Morgan fingerprint density at radius 3 is 2.61 bits per heavy atom. The van der Waals surface area contributed by atoms with Crippen molar-refractivity contribution in [1.29, 1.82) is 0 Å². The molecule has 184 valence electrons. The lowest BCUT2D eigenvalue weighted by atomic mass is 10.00. The van der Waals surface area contributed by atoms with Gasteiger partial charge in [-0.3, -0.25) is 19.1 Å². The molecule has 1 unspecified atom stereocenters. The second kappa shape index (κ2) is 7.65. The quantitative estimate of drug-likeness (QED) is 0.399. The summed E-state index contributed by atoms with van der Waals surface area (Å²) in [6.45, 7) is 0.445. The minimum absolute atomic E-state index is 0.0886. The molecule has 1 atom stereocenters. The number of rotatable bonds is 3. The number of likely N-dealkylation sites (tertiary alicyclic amines) is 1. The van der Waals surface area contributed by atoms with E-state index in [2.05, 4.69) is 20.5 Å². The molecular formula is C24H20F3N7O2. The Morgan fingerprint density at radius 2 is 1.92 bits per heavy atom. The zero-order chi connectivity index (χ0) is 25.2. The normalized spacial score (nSPS) is 18.5. The van der Waals surface area contributed by atoms with Crippen molar-refractivity contribution in [3.63, 3.8) is 0 Å². The summed E-state index contributed by atoms with van der Waals surface area (Å²) in [7, 11) is 1.76. The van der Waals surface area contributed by atoms with Crippen LogP contribution in [0.4, 0.5) is 13.2 Å². The van der Waals surface area contributed by atoms with Gasteiger partial charge in [-0.05, 0) is 42.5 Å². The van der Waals surface area contributed by atoms with Crippen LogP contribution in [0, 0.1) is 0 Å². The molecule has 2 aromatic carbocycles. The van der Waals surface area contributed by atoms with Gasteiger partial charge in [-0.1, -0.05) is 5.21 Å². The zero-order valence-electron chi connectivity index (χ0n) is 19.0. The summed E-state index contributed by atoms with van der Waals surface area (Å²) in [5, 5.41) is 27.1. The number of carbonyl (C=O) groups excluding carboxylic acids is 1. The first kappa shape index (κ1) is 22.3. The highest BCUT2D eigenvalue weighted by molar-refractivity contribution is 6.10. The van der Waals surface area contributed by atoms with Crippen molar-refractivity contribution >= 4 is 27.8 Å². The molecule has 0 radical (unpaired) electrons. The van der Waals surface area contributed by atoms with Crippen molar-refractivity contribution in [2.75, 3.05) is 13.1 Å². The standard InChI is InChI=1S/C24H20F3N7O2/c1-32-12-18-17-10-14(22(35)33-9-8-23(36,13-33)20-11-28-31-29-20)2-7-19(17)34(21(18)30-32)16-5-3-15(4-6-16)24(25,26)27/h2-7,10-12,36H,8-9,13H2,1H3,(H,28,29,31). The maximum absolute atomic E-state index is 13.3.